The van der Waals surface area contributed by atoms with Crippen LogP contribution in [0.1, 0.15) is 19.3 Å². The van der Waals surface area contributed by atoms with Crippen LogP contribution in [0.5, 0.6) is 5.75 Å². The summed E-state index contributed by atoms with van der Waals surface area (Å²) in [6.07, 6.45) is 3.69. The summed E-state index contributed by atoms with van der Waals surface area (Å²) < 4.78 is 20.9. The summed E-state index contributed by atoms with van der Waals surface area (Å²) in [6, 6.07) is 6.39. The van der Waals surface area contributed by atoms with Crippen molar-refractivity contribution in [3.05, 3.63) is 30.1 Å². The third-order valence-electron chi connectivity index (χ3n) is 3.79. The van der Waals surface area contributed by atoms with Crippen LogP contribution in [0.15, 0.2) is 24.3 Å². The number of benzene rings is 1. The van der Waals surface area contributed by atoms with Gasteiger partial charge in [-0.25, -0.2) is 4.39 Å². The fourth-order valence-electron chi connectivity index (χ4n) is 2.29. The van der Waals surface area contributed by atoms with Crippen LogP contribution in [0.4, 0.5) is 10.2 Å². The van der Waals surface area contributed by atoms with Crippen molar-refractivity contribution in [3.63, 3.8) is 0 Å². The molecule has 0 aliphatic heterocycles. The molecule has 0 unspecified atom stereocenters. The Kier molecular flexibility index (Phi) is 3.34. The fraction of sp³-hybridized carbons (Fsp3) is 0.400. The quantitative estimate of drug-likeness (QED) is 0.933. The Morgan fingerprint density at radius 2 is 2.15 bits per heavy atom. The minimum Gasteiger partial charge on any atom is -0.493 e. The van der Waals surface area contributed by atoms with E-state index in [1.807, 2.05) is 6.07 Å². The molecule has 1 heterocycles. The number of ether oxygens (including phenoxy) is 1. The summed E-state index contributed by atoms with van der Waals surface area (Å²) in [7, 11) is 1.76. The first-order chi connectivity index (χ1) is 9.61. The number of anilines is 1. The second-order valence-electron chi connectivity index (χ2n) is 5.36. The maximum atomic E-state index is 13.7. The van der Waals surface area contributed by atoms with Crippen LogP contribution in [0.3, 0.4) is 0 Å². The molecule has 106 valence electrons. The minimum absolute atomic E-state index is 0.324. The Morgan fingerprint density at radius 3 is 2.75 bits per heavy atom. The second kappa shape index (κ2) is 5.15. The van der Waals surface area contributed by atoms with Crippen LogP contribution in [0.2, 0.25) is 0 Å². The lowest BCUT2D eigenvalue weighted by Gasteiger charge is -2.25. The van der Waals surface area contributed by atoms with Crippen LogP contribution in [-0.2, 0) is 7.05 Å². The van der Waals surface area contributed by atoms with E-state index in [2.05, 4.69) is 5.10 Å². The van der Waals surface area contributed by atoms with Crippen LogP contribution < -0.4 is 10.5 Å². The summed E-state index contributed by atoms with van der Waals surface area (Å²) in [5.41, 5.74) is 7.09. The Balaban J connectivity index is 1.81. The number of aryl methyl sites for hydroxylation is 1. The third kappa shape index (κ3) is 2.61. The van der Waals surface area contributed by atoms with E-state index >= 15 is 0 Å². The molecule has 0 saturated heterocycles. The zero-order valence-electron chi connectivity index (χ0n) is 11.5. The van der Waals surface area contributed by atoms with Gasteiger partial charge in [-0.2, -0.15) is 5.10 Å². The molecule has 0 spiro atoms. The predicted molar refractivity (Wildman–Crippen MR) is 75.9 cm³/mol. The number of halogens is 1. The molecule has 4 nitrogen and oxygen atoms in total. The van der Waals surface area contributed by atoms with Crippen molar-refractivity contribution in [2.24, 2.45) is 13.0 Å². The molecule has 20 heavy (non-hydrogen) atoms. The molecule has 1 fully saturated rings. The summed E-state index contributed by atoms with van der Waals surface area (Å²) in [5.74, 6) is 1.39. The average molecular weight is 275 g/mol. The van der Waals surface area contributed by atoms with Gasteiger partial charge in [0.2, 0.25) is 0 Å². The zero-order chi connectivity index (χ0) is 14.1. The largest absolute Gasteiger partial charge is 0.493 e. The van der Waals surface area contributed by atoms with Crippen LogP contribution in [0, 0.1) is 11.7 Å². The number of hydrogen-bond acceptors (Lipinski definition) is 3. The smallest absolute Gasteiger partial charge is 0.127 e. The van der Waals surface area contributed by atoms with Crippen molar-refractivity contribution in [2.75, 3.05) is 12.3 Å². The lowest BCUT2D eigenvalue weighted by atomic mass is 9.86. The first-order valence-electron chi connectivity index (χ1n) is 6.85. The molecule has 0 amide bonds. The molecule has 1 aromatic carbocycles. The van der Waals surface area contributed by atoms with Gasteiger partial charge in [0.1, 0.15) is 17.4 Å². The minimum atomic E-state index is -0.324. The highest BCUT2D eigenvalue weighted by atomic mass is 19.1. The standard InChI is InChI=1S/C15H18FN3O/c1-19-15(17)8-14(18-19)11-5-12(16)7-13(6-11)20-9-10-3-2-4-10/h5-8,10H,2-4,9,17H2,1H3. The van der Waals surface area contributed by atoms with E-state index in [4.69, 9.17) is 10.5 Å². The third-order valence-corrected chi connectivity index (χ3v) is 3.79. The fourth-order valence-corrected chi connectivity index (χ4v) is 2.29. The van der Waals surface area contributed by atoms with E-state index in [-0.39, 0.29) is 5.82 Å². The number of nitrogens with two attached hydrogens (primary N) is 1. The predicted octanol–water partition coefficient (Wildman–Crippen LogP) is 2.99. The highest BCUT2D eigenvalue weighted by Crippen LogP contribution is 2.29. The second-order valence-corrected chi connectivity index (χ2v) is 5.36. The monoisotopic (exact) mass is 275 g/mol. The van der Waals surface area contributed by atoms with Crippen LogP contribution in [0.25, 0.3) is 11.3 Å². The Labute approximate surface area is 117 Å². The molecule has 3 rings (SSSR count). The van der Waals surface area contributed by atoms with Gasteiger partial charge in [-0.15, -0.1) is 0 Å². The van der Waals surface area contributed by atoms with Crippen molar-refractivity contribution < 1.29 is 9.13 Å². The molecule has 0 bridgehead atoms. The van der Waals surface area contributed by atoms with E-state index in [1.165, 1.54) is 31.4 Å². The van der Waals surface area contributed by atoms with Crippen molar-refractivity contribution in [1.29, 1.82) is 0 Å². The van der Waals surface area contributed by atoms with Crippen LogP contribution in [-0.4, -0.2) is 16.4 Å². The molecule has 1 aliphatic rings. The van der Waals surface area contributed by atoms with Gasteiger partial charge >= 0.3 is 0 Å². The SMILES string of the molecule is Cn1nc(-c2cc(F)cc(OCC3CCC3)c2)cc1N. The van der Waals surface area contributed by atoms with Gasteiger partial charge in [0.05, 0.1) is 12.3 Å². The van der Waals surface area contributed by atoms with Gasteiger partial charge in [0.15, 0.2) is 0 Å². The van der Waals surface area contributed by atoms with E-state index in [0.717, 1.165) is 0 Å². The zero-order valence-corrected chi connectivity index (χ0v) is 11.5. The van der Waals surface area contributed by atoms with E-state index < -0.39 is 0 Å². The Hall–Kier alpha value is -2.04. The molecule has 5 heteroatoms. The summed E-state index contributed by atoms with van der Waals surface area (Å²) in [6.45, 7) is 0.660. The number of nitrogens with zero attached hydrogens (tertiary/aromatic N) is 2. The number of rotatable bonds is 4. The number of aromatic nitrogens is 2. The first-order valence-corrected chi connectivity index (χ1v) is 6.85. The average Bonchev–Trinajstić information content (AvgIpc) is 2.67. The van der Waals surface area contributed by atoms with Crippen molar-refractivity contribution in [2.45, 2.75) is 19.3 Å². The van der Waals surface area contributed by atoms with Gasteiger partial charge in [-0.3, -0.25) is 4.68 Å². The maximum Gasteiger partial charge on any atom is 0.127 e. The molecule has 1 aliphatic carbocycles. The Morgan fingerprint density at radius 1 is 1.35 bits per heavy atom. The molecule has 0 atom stereocenters. The lowest BCUT2D eigenvalue weighted by Crippen LogP contribution is -2.19. The molecule has 2 aromatic rings. The van der Waals surface area contributed by atoms with Crippen molar-refractivity contribution >= 4 is 5.82 Å². The Bertz CT molecular complexity index is 600. The summed E-state index contributed by atoms with van der Waals surface area (Å²) in [5, 5.41) is 4.25. The van der Waals surface area contributed by atoms with Gasteiger partial charge in [0, 0.05) is 24.7 Å². The summed E-state index contributed by atoms with van der Waals surface area (Å²) in [4.78, 5) is 0. The van der Waals surface area contributed by atoms with Gasteiger partial charge in [-0.1, -0.05) is 6.42 Å². The van der Waals surface area contributed by atoms with E-state index in [0.29, 0.717) is 35.3 Å². The summed E-state index contributed by atoms with van der Waals surface area (Å²) >= 11 is 0. The lowest BCUT2D eigenvalue weighted by molar-refractivity contribution is 0.180. The molecule has 1 saturated carbocycles. The van der Waals surface area contributed by atoms with Crippen molar-refractivity contribution in [3.8, 4) is 17.0 Å². The topological polar surface area (TPSA) is 53.1 Å². The molecular weight excluding hydrogens is 257 g/mol. The van der Waals surface area contributed by atoms with Crippen molar-refractivity contribution in [1.82, 2.24) is 9.78 Å². The molecule has 0 radical (unpaired) electrons. The molecule has 1 aromatic heterocycles. The van der Waals surface area contributed by atoms with E-state index in [9.17, 15) is 4.39 Å². The number of hydrogen-bond donors (Lipinski definition) is 1. The molecular formula is C15H18FN3O. The highest BCUT2D eigenvalue weighted by Gasteiger charge is 2.18. The van der Waals surface area contributed by atoms with Gasteiger partial charge in [-0.05, 0) is 30.9 Å². The van der Waals surface area contributed by atoms with Gasteiger partial charge < -0.3 is 10.5 Å². The first kappa shape index (κ1) is 13.0. The normalized spacial score (nSPS) is 15.1. The number of nitrogen functional groups attached to an aromatic ring is 1. The van der Waals surface area contributed by atoms with Crippen LogP contribution >= 0.6 is 0 Å². The highest BCUT2D eigenvalue weighted by molar-refractivity contribution is 5.64. The van der Waals surface area contributed by atoms with E-state index in [1.54, 1.807) is 17.8 Å². The molecule has 2 N–H and O–H groups in total. The maximum absolute atomic E-state index is 13.7. The van der Waals surface area contributed by atoms with Gasteiger partial charge in [0.25, 0.3) is 0 Å².